The number of carbonyl (C=O) groups is 1. The smallest absolute Gasteiger partial charge is 0.256 e. The summed E-state index contributed by atoms with van der Waals surface area (Å²) < 4.78 is 1.49. The van der Waals surface area contributed by atoms with Gasteiger partial charge < -0.3 is 11.1 Å². The molecular formula is C15H20N4O. The number of aromatic nitrogens is 2. The van der Waals surface area contributed by atoms with Gasteiger partial charge in [0, 0.05) is 13.1 Å². The van der Waals surface area contributed by atoms with E-state index in [9.17, 15) is 4.79 Å². The molecule has 1 aromatic heterocycles. The Bertz CT molecular complexity index is 577. The van der Waals surface area contributed by atoms with Crippen molar-refractivity contribution < 1.29 is 4.79 Å². The van der Waals surface area contributed by atoms with Crippen LogP contribution in [-0.2, 0) is 13.5 Å². The Morgan fingerprint density at radius 1 is 1.40 bits per heavy atom. The van der Waals surface area contributed by atoms with Gasteiger partial charge in [0.15, 0.2) is 0 Å². The highest BCUT2D eigenvalue weighted by atomic mass is 16.1. The minimum atomic E-state index is -0.170. The van der Waals surface area contributed by atoms with E-state index in [1.54, 1.807) is 7.05 Å². The quantitative estimate of drug-likeness (QED) is 0.871. The van der Waals surface area contributed by atoms with E-state index in [4.69, 9.17) is 5.73 Å². The van der Waals surface area contributed by atoms with Crippen molar-refractivity contribution in [2.24, 2.45) is 7.05 Å². The predicted molar refractivity (Wildman–Crippen MR) is 79.3 cm³/mol. The van der Waals surface area contributed by atoms with Crippen LogP contribution in [0.25, 0.3) is 0 Å². The van der Waals surface area contributed by atoms with Gasteiger partial charge in [0.25, 0.3) is 5.91 Å². The number of hydrogen-bond acceptors (Lipinski definition) is 3. The Kier molecular flexibility index (Phi) is 4.40. The van der Waals surface area contributed by atoms with Crippen LogP contribution in [0.2, 0.25) is 0 Å². The Morgan fingerprint density at radius 2 is 2.10 bits per heavy atom. The second-order valence-corrected chi connectivity index (χ2v) is 4.97. The van der Waals surface area contributed by atoms with Gasteiger partial charge in [-0.1, -0.05) is 30.3 Å². The van der Waals surface area contributed by atoms with Gasteiger partial charge in [-0.2, -0.15) is 5.10 Å². The van der Waals surface area contributed by atoms with Crippen molar-refractivity contribution in [3.05, 3.63) is 47.7 Å². The van der Waals surface area contributed by atoms with Crippen LogP contribution in [0.3, 0.4) is 0 Å². The molecule has 1 aromatic carbocycles. The molecule has 0 aliphatic carbocycles. The maximum absolute atomic E-state index is 12.1. The van der Waals surface area contributed by atoms with Crippen LogP contribution >= 0.6 is 0 Å². The second-order valence-electron chi connectivity index (χ2n) is 4.97. The molecule has 0 aliphatic rings. The molecule has 1 atom stereocenters. The van der Waals surface area contributed by atoms with Crippen LogP contribution in [0.4, 0.5) is 5.82 Å². The predicted octanol–water partition coefficient (Wildman–Crippen LogP) is 1.75. The van der Waals surface area contributed by atoms with Crippen molar-refractivity contribution in [1.82, 2.24) is 15.1 Å². The van der Waals surface area contributed by atoms with Crippen molar-refractivity contribution in [3.8, 4) is 0 Å². The van der Waals surface area contributed by atoms with Crippen LogP contribution in [0.5, 0.6) is 0 Å². The van der Waals surface area contributed by atoms with E-state index < -0.39 is 0 Å². The van der Waals surface area contributed by atoms with Crippen LogP contribution in [-0.4, -0.2) is 21.7 Å². The zero-order valence-electron chi connectivity index (χ0n) is 11.8. The lowest BCUT2D eigenvalue weighted by Crippen LogP contribution is -2.33. The van der Waals surface area contributed by atoms with Gasteiger partial charge >= 0.3 is 0 Å². The molecule has 5 heteroatoms. The largest absolute Gasteiger partial charge is 0.383 e. The van der Waals surface area contributed by atoms with Gasteiger partial charge in [-0.05, 0) is 25.3 Å². The summed E-state index contributed by atoms with van der Waals surface area (Å²) in [5.74, 6) is 0.217. The first-order valence-corrected chi connectivity index (χ1v) is 6.70. The van der Waals surface area contributed by atoms with E-state index in [1.807, 2.05) is 25.1 Å². The number of carbonyl (C=O) groups excluding carboxylic acids is 1. The molecule has 0 fully saturated rings. The standard InChI is InChI=1S/C15H20N4O/c1-11(8-9-12-6-4-3-5-7-12)18-15(20)13-10-17-19(2)14(13)16/h3-7,10-11H,8-9,16H2,1-2H3,(H,18,20). The summed E-state index contributed by atoms with van der Waals surface area (Å²) >= 11 is 0. The van der Waals surface area contributed by atoms with Crippen molar-refractivity contribution in [2.75, 3.05) is 5.73 Å². The number of nitrogen functional groups attached to an aromatic ring is 1. The van der Waals surface area contributed by atoms with Crippen LogP contribution in [0, 0.1) is 0 Å². The molecule has 3 N–H and O–H groups in total. The fraction of sp³-hybridized carbons (Fsp3) is 0.333. The van der Waals surface area contributed by atoms with E-state index in [-0.39, 0.29) is 11.9 Å². The summed E-state index contributed by atoms with van der Waals surface area (Å²) in [6, 6.07) is 10.3. The van der Waals surface area contributed by atoms with Gasteiger partial charge in [-0.15, -0.1) is 0 Å². The highest BCUT2D eigenvalue weighted by molar-refractivity contribution is 5.98. The molecule has 0 radical (unpaired) electrons. The van der Waals surface area contributed by atoms with E-state index in [0.717, 1.165) is 12.8 Å². The van der Waals surface area contributed by atoms with Crippen molar-refractivity contribution in [3.63, 3.8) is 0 Å². The molecule has 0 saturated carbocycles. The van der Waals surface area contributed by atoms with E-state index >= 15 is 0 Å². The molecule has 2 aromatic rings. The van der Waals surface area contributed by atoms with Crippen molar-refractivity contribution >= 4 is 11.7 Å². The SMILES string of the molecule is CC(CCc1ccccc1)NC(=O)c1cnn(C)c1N. The molecule has 5 nitrogen and oxygen atoms in total. The number of hydrogen-bond donors (Lipinski definition) is 2. The average molecular weight is 272 g/mol. The van der Waals surface area contributed by atoms with Crippen LogP contribution < -0.4 is 11.1 Å². The highest BCUT2D eigenvalue weighted by Crippen LogP contribution is 2.10. The summed E-state index contributed by atoms with van der Waals surface area (Å²) in [6.07, 6.45) is 3.31. The second kappa shape index (κ2) is 6.23. The number of anilines is 1. The summed E-state index contributed by atoms with van der Waals surface area (Å²) in [5.41, 5.74) is 7.49. The van der Waals surface area contributed by atoms with Crippen molar-refractivity contribution in [1.29, 1.82) is 0 Å². The number of nitrogens with two attached hydrogens (primary N) is 1. The van der Waals surface area contributed by atoms with Crippen LogP contribution in [0.15, 0.2) is 36.5 Å². The number of rotatable bonds is 5. The Morgan fingerprint density at radius 3 is 2.70 bits per heavy atom. The zero-order valence-corrected chi connectivity index (χ0v) is 11.8. The molecular weight excluding hydrogens is 252 g/mol. The third kappa shape index (κ3) is 3.38. The molecule has 1 unspecified atom stereocenters. The first-order valence-electron chi connectivity index (χ1n) is 6.70. The summed E-state index contributed by atoms with van der Waals surface area (Å²) in [7, 11) is 1.71. The lowest BCUT2D eigenvalue weighted by atomic mass is 10.1. The summed E-state index contributed by atoms with van der Waals surface area (Å²) in [4.78, 5) is 12.1. The number of benzene rings is 1. The Hall–Kier alpha value is -2.30. The van der Waals surface area contributed by atoms with E-state index in [1.165, 1.54) is 16.4 Å². The molecule has 1 amide bonds. The van der Waals surface area contributed by atoms with Gasteiger partial charge in [0.1, 0.15) is 11.4 Å². The zero-order chi connectivity index (χ0) is 14.5. The molecule has 106 valence electrons. The van der Waals surface area contributed by atoms with Crippen molar-refractivity contribution in [2.45, 2.75) is 25.8 Å². The summed E-state index contributed by atoms with van der Waals surface area (Å²) in [6.45, 7) is 1.99. The maximum Gasteiger partial charge on any atom is 0.256 e. The Labute approximate surface area is 118 Å². The molecule has 2 rings (SSSR count). The number of aryl methyl sites for hydroxylation is 2. The molecule has 0 saturated heterocycles. The van der Waals surface area contributed by atoms with E-state index in [0.29, 0.717) is 11.4 Å². The summed E-state index contributed by atoms with van der Waals surface area (Å²) in [5, 5.41) is 6.92. The number of nitrogens with one attached hydrogen (secondary N) is 1. The fourth-order valence-electron chi connectivity index (χ4n) is 2.02. The normalized spacial score (nSPS) is 12.1. The topological polar surface area (TPSA) is 72.9 Å². The van der Waals surface area contributed by atoms with Crippen LogP contribution in [0.1, 0.15) is 29.3 Å². The Balaban J connectivity index is 1.87. The fourth-order valence-corrected chi connectivity index (χ4v) is 2.02. The molecule has 0 aliphatic heterocycles. The molecule has 0 spiro atoms. The third-order valence-corrected chi connectivity index (χ3v) is 3.32. The maximum atomic E-state index is 12.1. The third-order valence-electron chi connectivity index (χ3n) is 3.32. The molecule has 20 heavy (non-hydrogen) atoms. The lowest BCUT2D eigenvalue weighted by Gasteiger charge is -2.13. The highest BCUT2D eigenvalue weighted by Gasteiger charge is 2.15. The first kappa shape index (κ1) is 14.1. The molecule has 0 bridgehead atoms. The molecule has 1 heterocycles. The van der Waals surface area contributed by atoms with Gasteiger partial charge in [-0.25, -0.2) is 0 Å². The van der Waals surface area contributed by atoms with Gasteiger partial charge in [0.05, 0.1) is 6.20 Å². The van der Waals surface area contributed by atoms with Gasteiger partial charge in [0.2, 0.25) is 0 Å². The lowest BCUT2D eigenvalue weighted by molar-refractivity contribution is 0.0939. The van der Waals surface area contributed by atoms with E-state index in [2.05, 4.69) is 22.5 Å². The van der Waals surface area contributed by atoms with Gasteiger partial charge in [-0.3, -0.25) is 9.48 Å². The average Bonchev–Trinajstić information content (AvgIpc) is 2.78. The monoisotopic (exact) mass is 272 g/mol. The number of amides is 1. The minimum absolute atomic E-state index is 0.0855. The number of nitrogens with zero attached hydrogens (tertiary/aromatic N) is 2. The minimum Gasteiger partial charge on any atom is -0.383 e. The first-order chi connectivity index (χ1) is 9.58.